The van der Waals surface area contributed by atoms with Crippen LogP contribution in [0.5, 0.6) is 0 Å². The van der Waals surface area contributed by atoms with Gasteiger partial charge < -0.3 is 10.3 Å². The second kappa shape index (κ2) is 9.41. The standard InChI is InChI=1S/C24H26N4O2S/c1-2-12-28-23(30)19-11-10-18(15-20(19)26-24(28)31)22(29)25-16-21(27-13-6-7-14-27)17-8-4-3-5-9-17/h2-5,8-11,15,21H,1,6-7,12-14,16H2,(H,25,29)(H,26,31)/t21-/m1/s1. The number of hydrogen-bond acceptors (Lipinski definition) is 4. The third kappa shape index (κ3) is 4.52. The summed E-state index contributed by atoms with van der Waals surface area (Å²) in [7, 11) is 0. The number of carbonyl (C=O) groups excluding carboxylic acids is 1. The Bertz CT molecular complexity index is 1210. The van der Waals surface area contributed by atoms with Crippen LogP contribution in [0, 0.1) is 4.77 Å². The summed E-state index contributed by atoms with van der Waals surface area (Å²) in [4.78, 5) is 31.1. The van der Waals surface area contributed by atoms with Crippen LogP contribution in [0.3, 0.4) is 0 Å². The molecule has 4 rings (SSSR count). The normalized spacial score (nSPS) is 15.1. The first-order valence-corrected chi connectivity index (χ1v) is 10.9. The molecule has 1 aromatic heterocycles. The van der Waals surface area contributed by atoms with Crippen molar-refractivity contribution < 1.29 is 4.79 Å². The molecule has 7 heteroatoms. The van der Waals surface area contributed by atoms with Crippen molar-refractivity contribution in [2.75, 3.05) is 19.6 Å². The lowest BCUT2D eigenvalue weighted by Crippen LogP contribution is -2.36. The molecule has 160 valence electrons. The molecule has 1 atom stereocenters. The topological polar surface area (TPSA) is 70.1 Å². The Morgan fingerprint density at radius 3 is 2.65 bits per heavy atom. The number of amides is 1. The van der Waals surface area contributed by atoms with Crippen LogP contribution < -0.4 is 10.9 Å². The summed E-state index contributed by atoms with van der Waals surface area (Å²) < 4.78 is 1.76. The summed E-state index contributed by atoms with van der Waals surface area (Å²) >= 11 is 5.30. The van der Waals surface area contributed by atoms with Gasteiger partial charge in [-0.1, -0.05) is 36.4 Å². The first-order valence-electron chi connectivity index (χ1n) is 10.5. The summed E-state index contributed by atoms with van der Waals surface area (Å²) in [6.45, 7) is 6.61. The maximum absolute atomic E-state index is 12.9. The van der Waals surface area contributed by atoms with Crippen molar-refractivity contribution in [3.05, 3.63) is 87.4 Å². The highest BCUT2D eigenvalue weighted by molar-refractivity contribution is 7.71. The number of nitrogens with one attached hydrogen (secondary N) is 2. The van der Waals surface area contributed by atoms with Crippen molar-refractivity contribution in [2.45, 2.75) is 25.4 Å². The number of rotatable bonds is 7. The van der Waals surface area contributed by atoms with E-state index in [1.807, 2.05) is 18.2 Å². The Hall–Kier alpha value is -3.03. The molecular weight excluding hydrogens is 408 g/mol. The molecule has 31 heavy (non-hydrogen) atoms. The summed E-state index contributed by atoms with van der Waals surface area (Å²) in [5.41, 5.74) is 2.06. The van der Waals surface area contributed by atoms with Gasteiger partial charge in [-0.05, 0) is 61.9 Å². The quantitative estimate of drug-likeness (QED) is 0.438. The van der Waals surface area contributed by atoms with Gasteiger partial charge >= 0.3 is 0 Å². The zero-order valence-corrected chi connectivity index (χ0v) is 18.2. The fourth-order valence-electron chi connectivity index (χ4n) is 4.17. The number of allylic oxidation sites excluding steroid dienone is 1. The van der Waals surface area contributed by atoms with Gasteiger partial charge in [0.05, 0.1) is 16.9 Å². The number of hydrogen-bond donors (Lipinski definition) is 2. The predicted molar refractivity (Wildman–Crippen MR) is 126 cm³/mol. The van der Waals surface area contributed by atoms with E-state index in [-0.39, 0.29) is 17.5 Å². The van der Waals surface area contributed by atoms with Crippen LogP contribution >= 0.6 is 12.2 Å². The third-order valence-electron chi connectivity index (χ3n) is 5.78. The van der Waals surface area contributed by atoms with E-state index in [4.69, 9.17) is 12.2 Å². The molecule has 1 aliphatic rings. The second-order valence-electron chi connectivity index (χ2n) is 7.77. The average molecular weight is 435 g/mol. The van der Waals surface area contributed by atoms with Crippen LogP contribution in [0.2, 0.25) is 0 Å². The van der Waals surface area contributed by atoms with E-state index in [1.165, 1.54) is 23.0 Å². The molecule has 2 heterocycles. The molecule has 0 radical (unpaired) electrons. The highest BCUT2D eigenvalue weighted by Crippen LogP contribution is 2.24. The highest BCUT2D eigenvalue weighted by Gasteiger charge is 2.24. The zero-order valence-electron chi connectivity index (χ0n) is 17.3. The van der Waals surface area contributed by atoms with Crippen LogP contribution in [0.4, 0.5) is 0 Å². The molecule has 0 spiro atoms. The Morgan fingerprint density at radius 1 is 1.19 bits per heavy atom. The molecule has 1 aliphatic heterocycles. The van der Waals surface area contributed by atoms with E-state index in [0.717, 1.165) is 13.1 Å². The Kier molecular flexibility index (Phi) is 6.44. The number of aromatic amines is 1. The number of H-pyrrole nitrogens is 1. The number of likely N-dealkylation sites (tertiary alicyclic amines) is 1. The van der Waals surface area contributed by atoms with Gasteiger partial charge in [0.1, 0.15) is 0 Å². The summed E-state index contributed by atoms with van der Waals surface area (Å²) in [5.74, 6) is -0.170. The van der Waals surface area contributed by atoms with Gasteiger partial charge in [0.25, 0.3) is 11.5 Å². The maximum Gasteiger partial charge on any atom is 0.262 e. The van der Waals surface area contributed by atoms with Crippen LogP contribution in [0.25, 0.3) is 10.9 Å². The lowest BCUT2D eigenvalue weighted by molar-refractivity contribution is 0.0938. The molecule has 2 aromatic carbocycles. The Balaban J connectivity index is 1.56. The number of nitrogens with zero attached hydrogens (tertiary/aromatic N) is 2. The van der Waals surface area contributed by atoms with Crippen LogP contribution in [0.1, 0.15) is 34.8 Å². The third-order valence-corrected chi connectivity index (χ3v) is 6.10. The van der Waals surface area contributed by atoms with Crippen molar-refractivity contribution >= 4 is 29.0 Å². The first kappa shape index (κ1) is 21.2. The number of fused-ring (bicyclic) bond motifs is 1. The summed E-state index contributed by atoms with van der Waals surface area (Å²) in [6, 6.07) is 15.5. The lowest BCUT2D eigenvalue weighted by Gasteiger charge is -2.28. The molecular formula is C24H26N4O2S. The molecule has 0 saturated carbocycles. The molecule has 2 N–H and O–H groups in total. The van der Waals surface area contributed by atoms with Gasteiger partial charge in [0.2, 0.25) is 0 Å². The van der Waals surface area contributed by atoms with Gasteiger partial charge in [-0.2, -0.15) is 0 Å². The molecule has 6 nitrogen and oxygen atoms in total. The minimum absolute atomic E-state index is 0.144. The van der Waals surface area contributed by atoms with Crippen LogP contribution in [0.15, 0.2) is 66.0 Å². The van der Waals surface area contributed by atoms with Gasteiger partial charge in [-0.25, -0.2) is 0 Å². The van der Waals surface area contributed by atoms with E-state index in [1.54, 1.807) is 24.3 Å². The zero-order chi connectivity index (χ0) is 21.8. The smallest absolute Gasteiger partial charge is 0.262 e. The van der Waals surface area contributed by atoms with Crippen molar-refractivity contribution in [2.24, 2.45) is 0 Å². The molecule has 0 unspecified atom stereocenters. The Morgan fingerprint density at radius 2 is 1.94 bits per heavy atom. The number of aromatic nitrogens is 2. The first-order chi connectivity index (χ1) is 15.1. The monoisotopic (exact) mass is 434 g/mol. The molecule has 1 saturated heterocycles. The fraction of sp³-hybridized carbons (Fsp3) is 0.292. The van der Waals surface area contributed by atoms with Gasteiger partial charge in [0, 0.05) is 18.7 Å². The second-order valence-corrected chi connectivity index (χ2v) is 8.16. The van der Waals surface area contributed by atoms with Crippen LogP contribution in [-0.4, -0.2) is 40.0 Å². The van der Waals surface area contributed by atoms with Crippen molar-refractivity contribution in [3.63, 3.8) is 0 Å². The van der Waals surface area contributed by atoms with E-state index in [9.17, 15) is 9.59 Å². The number of carbonyl (C=O) groups is 1. The van der Waals surface area contributed by atoms with Crippen molar-refractivity contribution in [1.29, 1.82) is 0 Å². The maximum atomic E-state index is 12.9. The summed E-state index contributed by atoms with van der Waals surface area (Å²) in [6.07, 6.45) is 4.00. The molecule has 0 bridgehead atoms. The SMILES string of the molecule is C=CCn1c(=S)[nH]c2cc(C(=O)NC[C@H](c3ccccc3)N3CCCC3)ccc2c1=O. The van der Waals surface area contributed by atoms with Crippen molar-refractivity contribution in [1.82, 2.24) is 19.8 Å². The van der Waals surface area contributed by atoms with Gasteiger partial charge in [-0.3, -0.25) is 19.1 Å². The van der Waals surface area contributed by atoms with Crippen LogP contribution in [-0.2, 0) is 6.54 Å². The summed E-state index contributed by atoms with van der Waals surface area (Å²) in [5, 5.41) is 3.57. The minimum Gasteiger partial charge on any atom is -0.350 e. The van der Waals surface area contributed by atoms with E-state index in [0.29, 0.717) is 34.3 Å². The van der Waals surface area contributed by atoms with Gasteiger partial charge in [0.15, 0.2) is 4.77 Å². The lowest BCUT2D eigenvalue weighted by atomic mass is 10.1. The largest absolute Gasteiger partial charge is 0.350 e. The number of benzene rings is 2. The molecule has 0 aliphatic carbocycles. The fourth-order valence-corrected chi connectivity index (χ4v) is 4.44. The molecule has 1 fully saturated rings. The molecule has 1 amide bonds. The average Bonchev–Trinajstić information content (AvgIpc) is 3.31. The van der Waals surface area contributed by atoms with E-state index >= 15 is 0 Å². The molecule has 3 aromatic rings. The predicted octanol–water partition coefficient (Wildman–Crippen LogP) is 3.81. The van der Waals surface area contributed by atoms with E-state index < -0.39 is 0 Å². The minimum atomic E-state index is -0.191. The Labute approximate surface area is 186 Å². The van der Waals surface area contributed by atoms with E-state index in [2.05, 4.69) is 33.9 Å². The van der Waals surface area contributed by atoms with Crippen molar-refractivity contribution in [3.8, 4) is 0 Å². The van der Waals surface area contributed by atoms with Gasteiger partial charge in [-0.15, -0.1) is 6.58 Å². The highest BCUT2D eigenvalue weighted by atomic mass is 32.1.